The van der Waals surface area contributed by atoms with Crippen molar-refractivity contribution in [1.82, 2.24) is 10.2 Å². The maximum absolute atomic E-state index is 11.4. The summed E-state index contributed by atoms with van der Waals surface area (Å²) in [5.41, 5.74) is 0. The van der Waals surface area contributed by atoms with Crippen LogP contribution in [0.3, 0.4) is 0 Å². The maximum atomic E-state index is 11.4. The van der Waals surface area contributed by atoms with E-state index in [1.807, 2.05) is 0 Å². The van der Waals surface area contributed by atoms with Crippen LogP contribution in [0, 0.1) is 0 Å². The molecule has 7 heteroatoms. The predicted octanol–water partition coefficient (Wildman–Crippen LogP) is -1.11. The van der Waals surface area contributed by atoms with Crippen molar-refractivity contribution in [3.63, 3.8) is 0 Å². The fourth-order valence-corrected chi connectivity index (χ4v) is 1.31. The zero-order valence-electron chi connectivity index (χ0n) is 9.17. The van der Waals surface area contributed by atoms with Crippen LogP contribution in [0.1, 0.15) is 13.3 Å². The maximum Gasteiger partial charge on any atom is 0.326 e. The van der Waals surface area contributed by atoms with Gasteiger partial charge in [-0.2, -0.15) is 0 Å². The first-order valence-corrected chi connectivity index (χ1v) is 5.01. The lowest BCUT2D eigenvalue weighted by atomic mass is 10.2. The van der Waals surface area contributed by atoms with Gasteiger partial charge in [0.25, 0.3) is 11.8 Å². The minimum absolute atomic E-state index is 0.223. The van der Waals surface area contributed by atoms with Gasteiger partial charge >= 0.3 is 5.97 Å². The number of hydrogen-bond acceptors (Lipinski definition) is 4. The molecule has 3 amide bonds. The smallest absolute Gasteiger partial charge is 0.326 e. The molecule has 0 radical (unpaired) electrons. The number of carboxylic acid groups (broad SMARTS) is 1. The molecular weight excluding hydrogens is 228 g/mol. The van der Waals surface area contributed by atoms with Crippen LogP contribution in [0.2, 0.25) is 0 Å². The van der Waals surface area contributed by atoms with Crippen molar-refractivity contribution in [2.24, 2.45) is 0 Å². The Morgan fingerprint density at radius 1 is 1.35 bits per heavy atom. The normalized spacial score (nSPS) is 16.2. The van der Waals surface area contributed by atoms with Crippen LogP contribution in [0.5, 0.6) is 0 Å². The molecule has 0 aromatic rings. The lowest BCUT2D eigenvalue weighted by molar-refractivity contribution is -0.143. The van der Waals surface area contributed by atoms with Crippen LogP contribution in [0.15, 0.2) is 12.2 Å². The number of nitrogens with zero attached hydrogens (tertiary/aromatic N) is 1. The van der Waals surface area contributed by atoms with Crippen LogP contribution >= 0.6 is 0 Å². The second-order valence-electron chi connectivity index (χ2n) is 3.46. The molecule has 1 heterocycles. The van der Waals surface area contributed by atoms with Gasteiger partial charge in [-0.3, -0.25) is 19.3 Å². The first-order valence-electron chi connectivity index (χ1n) is 5.01. The van der Waals surface area contributed by atoms with E-state index >= 15 is 0 Å². The van der Waals surface area contributed by atoms with Gasteiger partial charge in [-0.1, -0.05) is 6.92 Å². The van der Waals surface area contributed by atoms with E-state index in [1.165, 1.54) is 0 Å². The van der Waals surface area contributed by atoms with Crippen molar-refractivity contribution in [3.8, 4) is 0 Å². The van der Waals surface area contributed by atoms with E-state index in [4.69, 9.17) is 5.11 Å². The zero-order chi connectivity index (χ0) is 13.0. The molecule has 0 aliphatic carbocycles. The molecule has 0 saturated carbocycles. The molecule has 7 nitrogen and oxygen atoms in total. The molecule has 0 bridgehead atoms. The van der Waals surface area contributed by atoms with E-state index in [2.05, 4.69) is 5.32 Å². The molecular formula is C10H12N2O5. The highest BCUT2D eigenvalue weighted by Gasteiger charge is 2.27. The number of nitrogens with one attached hydrogen (secondary N) is 1. The Morgan fingerprint density at radius 2 is 1.88 bits per heavy atom. The van der Waals surface area contributed by atoms with Crippen LogP contribution in [-0.4, -0.2) is 46.3 Å². The van der Waals surface area contributed by atoms with Gasteiger partial charge in [0.2, 0.25) is 5.91 Å². The Morgan fingerprint density at radius 3 is 2.29 bits per heavy atom. The largest absolute Gasteiger partial charge is 0.480 e. The molecule has 1 aliphatic heterocycles. The highest BCUT2D eigenvalue weighted by atomic mass is 16.4. The summed E-state index contributed by atoms with van der Waals surface area (Å²) in [6, 6.07) is -1.01. The SMILES string of the molecule is CCC(NC(=O)CN1C(=O)C=CC1=O)C(=O)O. The molecule has 0 spiro atoms. The van der Waals surface area contributed by atoms with Crippen molar-refractivity contribution in [1.29, 1.82) is 0 Å². The van der Waals surface area contributed by atoms with Crippen molar-refractivity contribution in [2.45, 2.75) is 19.4 Å². The van der Waals surface area contributed by atoms with E-state index < -0.39 is 36.3 Å². The fraction of sp³-hybridized carbons (Fsp3) is 0.400. The zero-order valence-corrected chi connectivity index (χ0v) is 9.17. The highest BCUT2D eigenvalue weighted by molar-refractivity contribution is 6.14. The van der Waals surface area contributed by atoms with E-state index in [-0.39, 0.29) is 6.42 Å². The molecule has 0 fully saturated rings. The standard InChI is InChI=1S/C10H12N2O5/c1-2-6(10(16)17)11-7(13)5-12-8(14)3-4-9(12)15/h3-4,6H,2,5H2,1H3,(H,11,13)(H,16,17). The Hall–Kier alpha value is -2.18. The van der Waals surface area contributed by atoms with Crippen LogP contribution in [-0.2, 0) is 19.2 Å². The number of carbonyl (C=O) groups excluding carboxylic acids is 3. The molecule has 0 aromatic carbocycles. The minimum Gasteiger partial charge on any atom is -0.480 e. The molecule has 2 N–H and O–H groups in total. The van der Waals surface area contributed by atoms with Crippen molar-refractivity contribution < 1.29 is 24.3 Å². The first-order chi connectivity index (χ1) is 7.95. The molecule has 0 aromatic heterocycles. The summed E-state index contributed by atoms with van der Waals surface area (Å²) < 4.78 is 0. The van der Waals surface area contributed by atoms with Gasteiger partial charge in [0.1, 0.15) is 12.6 Å². The van der Waals surface area contributed by atoms with Crippen LogP contribution in [0.25, 0.3) is 0 Å². The third kappa shape index (κ3) is 3.13. The van der Waals surface area contributed by atoms with E-state index in [0.717, 1.165) is 17.1 Å². The van der Waals surface area contributed by atoms with E-state index in [0.29, 0.717) is 0 Å². The van der Waals surface area contributed by atoms with Gasteiger partial charge in [-0.25, -0.2) is 4.79 Å². The fourth-order valence-electron chi connectivity index (χ4n) is 1.31. The second kappa shape index (κ2) is 5.24. The summed E-state index contributed by atoms with van der Waals surface area (Å²) >= 11 is 0. The number of imide groups is 1. The molecule has 17 heavy (non-hydrogen) atoms. The lowest BCUT2D eigenvalue weighted by Crippen LogP contribution is -2.46. The van der Waals surface area contributed by atoms with E-state index in [1.54, 1.807) is 6.92 Å². The quantitative estimate of drug-likeness (QED) is 0.593. The van der Waals surface area contributed by atoms with Gasteiger partial charge < -0.3 is 10.4 Å². The third-order valence-corrected chi connectivity index (χ3v) is 2.24. The second-order valence-corrected chi connectivity index (χ2v) is 3.46. The van der Waals surface area contributed by atoms with Crippen LogP contribution in [0.4, 0.5) is 0 Å². The Bertz CT molecular complexity index is 384. The molecule has 92 valence electrons. The molecule has 1 atom stereocenters. The molecule has 1 rings (SSSR count). The van der Waals surface area contributed by atoms with Gasteiger partial charge in [0, 0.05) is 12.2 Å². The molecule has 1 unspecified atom stereocenters. The number of carboxylic acids is 1. The lowest BCUT2D eigenvalue weighted by Gasteiger charge is -2.16. The highest BCUT2D eigenvalue weighted by Crippen LogP contribution is 2.02. The topological polar surface area (TPSA) is 104 Å². The summed E-state index contributed by atoms with van der Waals surface area (Å²) in [6.07, 6.45) is 2.34. The number of aliphatic carboxylic acids is 1. The first kappa shape index (κ1) is 12.9. The van der Waals surface area contributed by atoms with Gasteiger partial charge in [-0.05, 0) is 6.42 Å². The predicted molar refractivity (Wildman–Crippen MR) is 55.7 cm³/mol. The summed E-state index contributed by atoms with van der Waals surface area (Å²) in [5.74, 6) is -2.98. The number of rotatable bonds is 5. The number of hydrogen-bond donors (Lipinski definition) is 2. The number of amides is 3. The Kier molecular flexibility index (Phi) is 3.97. The average Bonchev–Trinajstić information content (AvgIpc) is 2.57. The Balaban J connectivity index is 2.53. The average molecular weight is 240 g/mol. The summed E-state index contributed by atoms with van der Waals surface area (Å²) in [6.45, 7) is 1.14. The van der Waals surface area contributed by atoms with E-state index in [9.17, 15) is 19.2 Å². The van der Waals surface area contributed by atoms with Crippen molar-refractivity contribution >= 4 is 23.7 Å². The molecule has 1 aliphatic rings. The Labute approximate surface area is 97.1 Å². The third-order valence-electron chi connectivity index (χ3n) is 2.24. The van der Waals surface area contributed by atoms with Crippen molar-refractivity contribution in [3.05, 3.63) is 12.2 Å². The number of carbonyl (C=O) groups is 4. The minimum atomic E-state index is -1.15. The van der Waals surface area contributed by atoms with Gasteiger partial charge in [0.05, 0.1) is 0 Å². The summed E-state index contributed by atoms with van der Waals surface area (Å²) in [5, 5.41) is 10.9. The summed E-state index contributed by atoms with van der Waals surface area (Å²) in [7, 11) is 0. The van der Waals surface area contributed by atoms with Gasteiger partial charge in [-0.15, -0.1) is 0 Å². The molecule has 0 saturated heterocycles. The monoisotopic (exact) mass is 240 g/mol. The van der Waals surface area contributed by atoms with Crippen molar-refractivity contribution in [2.75, 3.05) is 6.54 Å². The van der Waals surface area contributed by atoms with Crippen LogP contribution < -0.4 is 5.32 Å². The van der Waals surface area contributed by atoms with Gasteiger partial charge in [0.15, 0.2) is 0 Å². The summed E-state index contributed by atoms with van der Waals surface area (Å²) in [4.78, 5) is 45.1.